The van der Waals surface area contributed by atoms with E-state index in [1.54, 1.807) is 11.8 Å². The van der Waals surface area contributed by atoms with Gasteiger partial charge in [0.15, 0.2) is 0 Å². The van der Waals surface area contributed by atoms with Crippen molar-refractivity contribution < 1.29 is 0 Å². The molecule has 0 bridgehead atoms. The van der Waals surface area contributed by atoms with Gasteiger partial charge in [0.2, 0.25) is 0 Å². The van der Waals surface area contributed by atoms with Crippen molar-refractivity contribution >= 4 is 27.7 Å². The first-order chi connectivity index (χ1) is 9.20. The van der Waals surface area contributed by atoms with Gasteiger partial charge < -0.3 is 5.32 Å². The average molecular weight is 336 g/mol. The summed E-state index contributed by atoms with van der Waals surface area (Å²) >= 11 is 5.38. The van der Waals surface area contributed by atoms with E-state index in [9.17, 15) is 0 Å². The van der Waals surface area contributed by atoms with Crippen LogP contribution < -0.4 is 5.32 Å². The highest BCUT2D eigenvalue weighted by atomic mass is 79.9. The number of aryl methyl sites for hydroxylation is 1. The smallest absolute Gasteiger partial charge is 0.0314 e. The molecule has 19 heavy (non-hydrogen) atoms. The Balaban J connectivity index is 2.14. The number of nitrogens with one attached hydrogen (secondary N) is 1. The Hall–Kier alpha value is -0.770. The van der Waals surface area contributed by atoms with Crippen LogP contribution in [0.5, 0.6) is 0 Å². The lowest BCUT2D eigenvalue weighted by atomic mass is 10.1. The molecular formula is C16H18BrNS. The zero-order chi connectivity index (χ0) is 13.7. The fraction of sp³-hybridized carbons (Fsp3) is 0.250. The van der Waals surface area contributed by atoms with Gasteiger partial charge in [0.05, 0.1) is 0 Å². The molecule has 0 spiro atoms. The lowest BCUT2D eigenvalue weighted by molar-refractivity contribution is 0.723. The molecule has 0 aliphatic heterocycles. The quantitative estimate of drug-likeness (QED) is 0.823. The van der Waals surface area contributed by atoms with Gasteiger partial charge in [-0.3, -0.25) is 0 Å². The topological polar surface area (TPSA) is 12.0 Å². The van der Waals surface area contributed by atoms with Crippen LogP contribution in [0.15, 0.2) is 56.7 Å². The van der Waals surface area contributed by atoms with E-state index in [0.717, 1.165) is 17.6 Å². The first-order valence-electron chi connectivity index (χ1n) is 6.43. The Bertz CT molecular complexity index is 554. The van der Waals surface area contributed by atoms with Crippen molar-refractivity contribution in [2.24, 2.45) is 0 Å². The number of benzene rings is 2. The van der Waals surface area contributed by atoms with Gasteiger partial charge in [-0.25, -0.2) is 0 Å². The summed E-state index contributed by atoms with van der Waals surface area (Å²) < 4.78 is 1.15. The minimum absolute atomic E-state index is 0.947. The van der Waals surface area contributed by atoms with Crippen LogP contribution in [0.3, 0.4) is 0 Å². The Morgan fingerprint density at radius 1 is 1.16 bits per heavy atom. The zero-order valence-electron chi connectivity index (χ0n) is 11.2. The Kier molecular flexibility index (Phi) is 5.49. The highest BCUT2D eigenvalue weighted by Gasteiger charge is 2.04. The van der Waals surface area contributed by atoms with Crippen LogP contribution in [0.4, 0.5) is 0 Å². The molecule has 0 saturated heterocycles. The van der Waals surface area contributed by atoms with E-state index >= 15 is 0 Å². The molecule has 3 heteroatoms. The maximum Gasteiger partial charge on any atom is 0.0314 e. The molecule has 1 nitrogen and oxygen atoms in total. The molecule has 0 saturated carbocycles. The maximum atomic E-state index is 3.59. The van der Waals surface area contributed by atoms with Crippen molar-refractivity contribution in [3.05, 3.63) is 58.1 Å². The van der Waals surface area contributed by atoms with Crippen LogP contribution in [0.25, 0.3) is 0 Å². The van der Waals surface area contributed by atoms with Crippen molar-refractivity contribution in [3.63, 3.8) is 0 Å². The van der Waals surface area contributed by atoms with Crippen molar-refractivity contribution in [1.82, 2.24) is 5.32 Å². The summed E-state index contributed by atoms with van der Waals surface area (Å²) in [5.41, 5.74) is 2.72. The van der Waals surface area contributed by atoms with E-state index in [1.165, 1.54) is 20.9 Å². The van der Waals surface area contributed by atoms with Crippen LogP contribution >= 0.6 is 27.7 Å². The van der Waals surface area contributed by atoms with Crippen LogP contribution in [0, 0.1) is 6.92 Å². The predicted octanol–water partition coefficient (Wildman–Crippen LogP) is 5.02. The fourth-order valence-corrected chi connectivity index (χ4v) is 3.31. The lowest BCUT2D eigenvalue weighted by Crippen LogP contribution is -2.12. The highest BCUT2D eigenvalue weighted by molar-refractivity contribution is 9.10. The van der Waals surface area contributed by atoms with Gasteiger partial charge in [-0.1, -0.05) is 36.9 Å². The van der Waals surface area contributed by atoms with Gasteiger partial charge in [0, 0.05) is 20.8 Å². The molecule has 2 rings (SSSR count). The van der Waals surface area contributed by atoms with Gasteiger partial charge in [0.1, 0.15) is 0 Å². The molecule has 0 aliphatic carbocycles. The number of hydrogen-bond donors (Lipinski definition) is 1. The number of rotatable bonds is 5. The zero-order valence-corrected chi connectivity index (χ0v) is 13.6. The summed E-state index contributed by atoms with van der Waals surface area (Å²) in [4.78, 5) is 2.53. The molecule has 0 unspecified atom stereocenters. The standard InChI is InChI=1S/C16H18BrNS/c1-3-18-11-13-8-9-14(10-12(13)2)19-16-7-5-4-6-15(16)17/h4-10,18H,3,11H2,1-2H3. The molecule has 2 aromatic carbocycles. The highest BCUT2D eigenvalue weighted by Crippen LogP contribution is 2.33. The Morgan fingerprint density at radius 3 is 2.63 bits per heavy atom. The van der Waals surface area contributed by atoms with Crippen LogP contribution in [0.1, 0.15) is 18.1 Å². The van der Waals surface area contributed by atoms with Crippen LogP contribution in [-0.2, 0) is 6.54 Å². The molecular weight excluding hydrogens is 318 g/mol. The normalized spacial score (nSPS) is 10.7. The molecule has 2 aromatic rings. The average Bonchev–Trinajstić information content (AvgIpc) is 2.40. The Labute approximate surface area is 127 Å². The predicted molar refractivity (Wildman–Crippen MR) is 86.8 cm³/mol. The maximum absolute atomic E-state index is 3.59. The molecule has 0 atom stereocenters. The number of hydrogen-bond acceptors (Lipinski definition) is 2. The van der Waals surface area contributed by atoms with E-state index in [0.29, 0.717) is 0 Å². The third kappa shape index (κ3) is 4.10. The monoisotopic (exact) mass is 335 g/mol. The second-order valence-corrected chi connectivity index (χ2v) is 6.37. The summed E-state index contributed by atoms with van der Waals surface area (Å²) in [6.07, 6.45) is 0. The van der Waals surface area contributed by atoms with Crippen molar-refractivity contribution in [2.75, 3.05) is 6.54 Å². The summed E-state index contributed by atoms with van der Waals surface area (Å²) in [6, 6.07) is 15.0. The van der Waals surface area contributed by atoms with Gasteiger partial charge in [-0.05, 0) is 64.8 Å². The van der Waals surface area contributed by atoms with E-state index in [2.05, 4.69) is 71.5 Å². The summed E-state index contributed by atoms with van der Waals surface area (Å²) in [5.74, 6) is 0. The first-order valence-corrected chi connectivity index (χ1v) is 8.04. The van der Waals surface area contributed by atoms with Gasteiger partial charge >= 0.3 is 0 Å². The summed E-state index contributed by atoms with van der Waals surface area (Å²) in [7, 11) is 0. The van der Waals surface area contributed by atoms with Crippen molar-refractivity contribution in [1.29, 1.82) is 0 Å². The van der Waals surface area contributed by atoms with E-state index in [4.69, 9.17) is 0 Å². The van der Waals surface area contributed by atoms with Gasteiger partial charge in [0.25, 0.3) is 0 Å². The van der Waals surface area contributed by atoms with E-state index in [1.807, 2.05) is 6.07 Å². The third-order valence-electron chi connectivity index (χ3n) is 2.94. The third-order valence-corrected chi connectivity index (χ3v) is 4.96. The van der Waals surface area contributed by atoms with Gasteiger partial charge in [-0.15, -0.1) is 0 Å². The Morgan fingerprint density at radius 2 is 1.95 bits per heavy atom. The second-order valence-electron chi connectivity index (χ2n) is 4.40. The minimum Gasteiger partial charge on any atom is -0.313 e. The van der Waals surface area contributed by atoms with E-state index in [-0.39, 0.29) is 0 Å². The van der Waals surface area contributed by atoms with Crippen LogP contribution in [0.2, 0.25) is 0 Å². The summed E-state index contributed by atoms with van der Waals surface area (Å²) in [6.45, 7) is 6.26. The van der Waals surface area contributed by atoms with Gasteiger partial charge in [-0.2, -0.15) is 0 Å². The largest absolute Gasteiger partial charge is 0.313 e. The second kappa shape index (κ2) is 7.13. The fourth-order valence-electron chi connectivity index (χ4n) is 1.84. The molecule has 0 fully saturated rings. The number of halogens is 1. The molecule has 0 aromatic heterocycles. The SMILES string of the molecule is CCNCc1ccc(Sc2ccccc2Br)cc1C. The summed E-state index contributed by atoms with van der Waals surface area (Å²) in [5, 5.41) is 3.37. The molecule has 0 amide bonds. The lowest BCUT2D eigenvalue weighted by Gasteiger charge is -2.09. The molecule has 1 N–H and O–H groups in total. The van der Waals surface area contributed by atoms with E-state index < -0.39 is 0 Å². The first kappa shape index (κ1) is 14.6. The van der Waals surface area contributed by atoms with Crippen molar-refractivity contribution in [3.8, 4) is 0 Å². The molecule has 0 radical (unpaired) electrons. The molecule has 100 valence electrons. The molecule has 0 heterocycles. The molecule has 0 aliphatic rings. The van der Waals surface area contributed by atoms with Crippen LogP contribution in [-0.4, -0.2) is 6.54 Å². The van der Waals surface area contributed by atoms with Crippen molar-refractivity contribution in [2.45, 2.75) is 30.2 Å². The minimum atomic E-state index is 0.947.